The molecule has 0 saturated heterocycles. The Balaban J connectivity index is 2.29. The van der Waals surface area contributed by atoms with Gasteiger partial charge in [0.05, 0.1) is 6.54 Å². The van der Waals surface area contributed by atoms with E-state index in [2.05, 4.69) is 24.5 Å². The fourth-order valence-electron chi connectivity index (χ4n) is 1.52. The summed E-state index contributed by atoms with van der Waals surface area (Å²) in [5.74, 6) is 0.443. The molecule has 0 radical (unpaired) electrons. The zero-order valence-electron chi connectivity index (χ0n) is 11.1. The third kappa shape index (κ3) is 4.66. The van der Waals surface area contributed by atoms with Gasteiger partial charge in [-0.05, 0) is 24.3 Å². The van der Waals surface area contributed by atoms with Gasteiger partial charge in [0.15, 0.2) is 0 Å². The highest BCUT2D eigenvalue weighted by Gasteiger charge is 2.14. The van der Waals surface area contributed by atoms with Gasteiger partial charge >= 0.3 is 6.03 Å². The second-order valence-corrected chi connectivity index (χ2v) is 5.54. The van der Waals surface area contributed by atoms with Crippen LogP contribution < -0.4 is 10.6 Å². The Bertz CT molecular complexity index is 354. The van der Waals surface area contributed by atoms with E-state index in [1.165, 1.54) is 11.3 Å². The second-order valence-electron chi connectivity index (χ2n) is 4.56. The number of amides is 2. The second kappa shape index (κ2) is 7.38. The summed E-state index contributed by atoms with van der Waals surface area (Å²) in [4.78, 5) is 12.5. The number of aliphatic hydroxyl groups is 1. The number of aliphatic hydroxyl groups excluding tert-OH is 1. The quantitative estimate of drug-likeness (QED) is 0.744. The lowest BCUT2D eigenvalue weighted by Gasteiger charge is -2.20. The highest BCUT2D eigenvalue weighted by atomic mass is 32.1. The zero-order valence-corrected chi connectivity index (χ0v) is 12.0. The van der Waals surface area contributed by atoms with Gasteiger partial charge in [-0.3, -0.25) is 0 Å². The first-order chi connectivity index (χ1) is 8.54. The van der Waals surface area contributed by atoms with Crippen molar-refractivity contribution in [1.29, 1.82) is 0 Å². The third-order valence-corrected chi connectivity index (χ3v) is 4.16. The summed E-state index contributed by atoms with van der Waals surface area (Å²) in [5.41, 5.74) is 0. The summed E-state index contributed by atoms with van der Waals surface area (Å²) in [5, 5.41) is 17.3. The molecule has 3 atom stereocenters. The SMILES string of the molecule is CC[C@H](C)[C@@H](C)NC(=O)NC[C@H](O)c1cccs1. The molecule has 0 aromatic carbocycles. The molecule has 1 aromatic rings. The summed E-state index contributed by atoms with van der Waals surface area (Å²) in [6.07, 6.45) is 0.397. The molecule has 1 rings (SSSR count). The van der Waals surface area contributed by atoms with Crippen LogP contribution in [0.5, 0.6) is 0 Å². The van der Waals surface area contributed by atoms with Crippen LogP contribution in [0.4, 0.5) is 4.79 Å². The van der Waals surface area contributed by atoms with Crippen molar-refractivity contribution in [3.8, 4) is 0 Å². The minimum absolute atomic E-state index is 0.133. The Hall–Kier alpha value is -1.07. The van der Waals surface area contributed by atoms with E-state index in [0.717, 1.165) is 11.3 Å². The van der Waals surface area contributed by atoms with Gasteiger partial charge in [-0.15, -0.1) is 11.3 Å². The smallest absolute Gasteiger partial charge is 0.315 e. The van der Waals surface area contributed by atoms with Crippen LogP contribution in [0.2, 0.25) is 0 Å². The molecule has 0 aliphatic carbocycles. The fraction of sp³-hybridized carbons (Fsp3) is 0.615. The molecular weight excluding hydrogens is 248 g/mol. The van der Waals surface area contributed by atoms with Crippen LogP contribution in [0.15, 0.2) is 17.5 Å². The number of nitrogens with one attached hydrogen (secondary N) is 2. The maximum absolute atomic E-state index is 11.6. The van der Waals surface area contributed by atoms with Crippen molar-refractivity contribution in [1.82, 2.24) is 10.6 Å². The van der Waals surface area contributed by atoms with Crippen LogP contribution in [0.25, 0.3) is 0 Å². The van der Waals surface area contributed by atoms with Gasteiger partial charge in [0.2, 0.25) is 0 Å². The van der Waals surface area contributed by atoms with E-state index < -0.39 is 6.10 Å². The predicted molar refractivity (Wildman–Crippen MR) is 74.7 cm³/mol. The average Bonchev–Trinajstić information content (AvgIpc) is 2.88. The van der Waals surface area contributed by atoms with Gasteiger partial charge in [-0.1, -0.05) is 26.3 Å². The first-order valence-corrected chi connectivity index (χ1v) is 7.18. The molecule has 0 aliphatic rings. The van der Waals surface area contributed by atoms with Gasteiger partial charge < -0.3 is 15.7 Å². The molecule has 4 nitrogen and oxygen atoms in total. The van der Waals surface area contributed by atoms with E-state index >= 15 is 0 Å². The number of carbonyl (C=O) groups is 1. The predicted octanol–water partition coefficient (Wildman–Crippen LogP) is 2.52. The molecule has 0 spiro atoms. The van der Waals surface area contributed by atoms with E-state index in [1.807, 2.05) is 24.4 Å². The number of rotatable bonds is 6. The summed E-state index contributed by atoms with van der Waals surface area (Å²) >= 11 is 1.48. The van der Waals surface area contributed by atoms with Gasteiger partial charge in [0.25, 0.3) is 0 Å². The van der Waals surface area contributed by atoms with Gasteiger partial charge in [-0.2, -0.15) is 0 Å². The van der Waals surface area contributed by atoms with Crippen LogP contribution in [0, 0.1) is 5.92 Å². The topological polar surface area (TPSA) is 61.4 Å². The molecule has 18 heavy (non-hydrogen) atoms. The Morgan fingerprint density at radius 2 is 2.22 bits per heavy atom. The van der Waals surface area contributed by atoms with Crippen LogP contribution in [-0.2, 0) is 0 Å². The number of urea groups is 1. The molecule has 2 amide bonds. The Kier molecular flexibility index (Phi) is 6.15. The summed E-state index contributed by atoms with van der Waals surface area (Å²) < 4.78 is 0. The van der Waals surface area contributed by atoms with Crippen molar-refractivity contribution in [2.45, 2.75) is 39.3 Å². The Morgan fingerprint density at radius 3 is 2.78 bits per heavy atom. The normalized spacial score (nSPS) is 15.8. The van der Waals surface area contributed by atoms with Gasteiger partial charge in [-0.25, -0.2) is 4.79 Å². The standard InChI is InChI=1S/C13H22N2O2S/c1-4-9(2)10(3)15-13(17)14-8-11(16)12-6-5-7-18-12/h5-7,9-11,16H,4,8H2,1-3H3,(H2,14,15,17)/t9-,10+,11-/m0/s1. The molecule has 1 heterocycles. The summed E-state index contributed by atoms with van der Waals surface area (Å²) in [6.45, 7) is 6.43. The molecule has 5 heteroatoms. The number of hydrogen-bond acceptors (Lipinski definition) is 3. The largest absolute Gasteiger partial charge is 0.386 e. The molecule has 0 unspecified atom stereocenters. The van der Waals surface area contributed by atoms with Crippen molar-refractivity contribution in [2.24, 2.45) is 5.92 Å². The number of hydrogen-bond donors (Lipinski definition) is 3. The minimum Gasteiger partial charge on any atom is -0.386 e. The first-order valence-electron chi connectivity index (χ1n) is 6.30. The monoisotopic (exact) mass is 270 g/mol. The van der Waals surface area contributed by atoms with E-state index in [4.69, 9.17) is 0 Å². The van der Waals surface area contributed by atoms with Crippen LogP contribution in [-0.4, -0.2) is 23.7 Å². The minimum atomic E-state index is -0.630. The zero-order chi connectivity index (χ0) is 13.5. The molecule has 1 aromatic heterocycles. The van der Waals surface area contributed by atoms with E-state index in [1.54, 1.807) is 0 Å². The highest BCUT2D eigenvalue weighted by Crippen LogP contribution is 2.17. The van der Waals surface area contributed by atoms with Crippen molar-refractivity contribution in [3.05, 3.63) is 22.4 Å². The third-order valence-electron chi connectivity index (χ3n) is 3.18. The number of carbonyl (C=O) groups excluding carboxylic acids is 1. The lowest BCUT2D eigenvalue weighted by Crippen LogP contribution is -2.44. The maximum atomic E-state index is 11.6. The van der Waals surface area contributed by atoms with Crippen molar-refractivity contribution >= 4 is 17.4 Å². The van der Waals surface area contributed by atoms with Crippen molar-refractivity contribution in [2.75, 3.05) is 6.54 Å². The Labute approximate surface area is 112 Å². The lowest BCUT2D eigenvalue weighted by molar-refractivity contribution is 0.175. The molecule has 102 valence electrons. The number of thiophene rings is 1. The lowest BCUT2D eigenvalue weighted by atomic mass is 10.0. The van der Waals surface area contributed by atoms with Crippen LogP contribution in [0.1, 0.15) is 38.2 Å². The van der Waals surface area contributed by atoms with E-state index in [-0.39, 0.29) is 18.6 Å². The molecular formula is C13H22N2O2S. The molecule has 0 bridgehead atoms. The van der Waals surface area contributed by atoms with Crippen LogP contribution in [0.3, 0.4) is 0 Å². The first kappa shape index (κ1) is 15.0. The van der Waals surface area contributed by atoms with E-state index in [9.17, 15) is 9.90 Å². The summed E-state index contributed by atoms with van der Waals surface area (Å²) in [7, 11) is 0. The van der Waals surface area contributed by atoms with E-state index in [0.29, 0.717) is 5.92 Å². The van der Waals surface area contributed by atoms with Crippen molar-refractivity contribution < 1.29 is 9.90 Å². The average molecular weight is 270 g/mol. The molecule has 0 fully saturated rings. The highest BCUT2D eigenvalue weighted by molar-refractivity contribution is 7.10. The van der Waals surface area contributed by atoms with Crippen molar-refractivity contribution in [3.63, 3.8) is 0 Å². The molecule has 0 saturated carbocycles. The van der Waals surface area contributed by atoms with Gasteiger partial charge in [0.1, 0.15) is 6.10 Å². The van der Waals surface area contributed by atoms with Gasteiger partial charge in [0, 0.05) is 10.9 Å². The molecule has 0 aliphatic heterocycles. The maximum Gasteiger partial charge on any atom is 0.315 e. The molecule has 3 N–H and O–H groups in total. The van der Waals surface area contributed by atoms with Crippen LogP contribution >= 0.6 is 11.3 Å². The Morgan fingerprint density at radius 1 is 1.50 bits per heavy atom. The fourth-order valence-corrected chi connectivity index (χ4v) is 2.24. The summed E-state index contributed by atoms with van der Waals surface area (Å²) in [6, 6.07) is 3.65.